The van der Waals surface area contributed by atoms with E-state index in [9.17, 15) is 9.59 Å². The summed E-state index contributed by atoms with van der Waals surface area (Å²) in [5, 5.41) is 8.44. The minimum Gasteiger partial charge on any atom is -0.326 e. The van der Waals surface area contributed by atoms with Crippen molar-refractivity contribution < 1.29 is 4.79 Å². The molecular weight excluding hydrogens is 434 g/mol. The monoisotopic (exact) mass is 459 g/mol. The molecule has 1 amide bonds. The van der Waals surface area contributed by atoms with Gasteiger partial charge < -0.3 is 5.32 Å². The largest absolute Gasteiger partial charge is 0.326 e. The van der Waals surface area contributed by atoms with Crippen LogP contribution in [-0.4, -0.2) is 31.0 Å². The first-order chi connectivity index (χ1) is 15.9. The second-order valence-corrected chi connectivity index (χ2v) is 9.68. The summed E-state index contributed by atoms with van der Waals surface area (Å²) in [5.74, 6) is 0.952. The smallest absolute Gasteiger partial charge is 0.265 e. The van der Waals surface area contributed by atoms with E-state index < -0.39 is 0 Å². The lowest BCUT2D eigenvalue weighted by molar-refractivity contribution is -0.116. The van der Waals surface area contributed by atoms with Crippen LogP contribution < -0.4 is 10.9 Å². The maximum Gasteiger partial charge on any atom is 0.265 e. The Bertz CT molecular complexity index is 1390. The third-order valence-electron chi connectivity index (χ3n) is 5.93. The Morgan fingerprint density at radius 3 is 2.58 bits per heavy atom. The summed E-state index contributed by atoms with van der Waals surface area (Å²) >= 11 is 1.50. The first-order valence-corrected chi connectivity index (χ1v) is 12.0. The molecule has 0 bridgehead atoms. The van der Waals surface area contributed by atoms with Crippen molar-refractivity contribution in [1.82, 2.24) is 19.3 Å². The van der Waals surface area contributed by atoms with E-state index in [0.29, 0.717) is 27.9 Å². The molecule has 1 unspecified atom stereocenters. The molecule has 1 atom stereocenters. The average molecular weight is 460 g/mol. The number of hydrogen-bond donors (Lipinski definition) is 1. The van der Waals surface area contributed by atoms with Crippen LogP contribution in [0.5, 0.6) is 0 Å². The molecule has 0 radical (unpaired) electrons. The van der Waals surface area contributed by atoms with Gasteiger partial charge in [0.2, 0.25) is 5.91 Å². The number of amides is 1. The number of aromatic nitrogens is 4. The molecule has 0 fully saturated rings. The van der Waals surface area contributed by atoms with Crippen LogP contribution >= 0.6 is 11.8 Å². The minimum atomic E-state index is -0.243. The maximum atomic E-state index is 13.3. The van der Waals surface area contributed by atoms with Crippen molar-refractivity contribution >= 4 is 34.4 Å². The highest BCUT2D eigenvalue weighted by atomic mass is 32.2. The van der Waals surface area contributed by atoms with E-state index >= 15 is 0 Å². The molecule has 33 heavy (non-hydrogen) atoms. The summed E-state index contributed by atoms with van der Waals surface area (Å²) in [7, 11) is 0. The summed E-state index contributed by atoms with van der Waals surface area (Å²) < 4.78 is 3.34. The molecule has 0 saturated heterocycles. The first-order valence-electron chi connectivity index (χ1n) is 11.0. The van der Waals surface area contributed by atoms with E-state index in [1.54, 1.807) is 15.4 Å². The molecule has 7 nitrogen and oxygen atoms in total. The second-order valence-electron chi connectivity index (χ2n) is 8.69. The van der Waals surface area contributed by atoms with Crippen LogP contribution in [0.15, 0.2) is 64.7 Å². The van der Waals surface area contributed by atoms with Gasteiger partial charge in [-0.05, 0) is 42.7 Å². The highest BCUT2D eigenvalue weighted by molar-refractivity contribution is 7.99. The van der Waals surface area contributed by atoms with E-state index in [2.05, 4.69) is 24.3 Å². The van der Waals surface area contributed by atoms with Crippen LogP contribution in [0.2, 0.25) is 0 Å². The third kappa shape index (κ3) is 4.06. The first kappa shape index (κ1) is 21.5. The summed E-state index contributed by atoms with van der Waals surface area (Å²) in [6, 6.07) is 15.6. The van der Waals surface area contributed by atoms with E-state index in [1.807, 2.05) is 55.5 Å². The Kier molecular flexibility index (Phi) is 5.54. The number of thioether (sulfide) groups is 1. The van der Waals surface area contributed by atoms with Gasteiger partial charge in [0.05, 0.1) is 17.9 Å². The average Bonchev–Trinajstić information content (AvgIpc) is 3.40. The zero-order valence-corrected chi connectivity index (χ0v) is 19.6. The molecule has 5 rings (SSSR count). The van der Waals surface area contributed by atoms with Crippen LogP contribution in [0.1, 0.15) is 43.4 Å². The molecule has 2 aromatic heterocycles. The lowest BCUT2D eigenvalue weighted by atomic mass is 10.0. The standard InChI is InChI=1S/C25H25N5O2S/c1-15(2)17-6-8-18(9-7-17)27-22(31)12-20-14-33-25-28-23-21(24(32)29(20)25)13-26-30(23)19-10-4-16(3)5-11-19/h4-11,13,15,20H,12,14H2,1-3H3,(H,27,31). The minimum absolute atomic E-state index is 0.118. The molecule has 168 valence electrons. The number of hydrogen-bond acceptors (Lipinski definition) is 5. The fourth-order valence-corrected chi connectivity index (χ4v) is 5.16. The van der Waals surface area contributed by atoms with Crippen molar-refractivity contribution in [3.63, 3.8) is 0 Å². The predicted octanol–water partition coefficient (Wildman–Crippen LogP) is 4.69. The van der Waals surface area contributed by atoms with Gasteiger partial charge in [0.1, 0.15) is 5.39 Å². The summed E-state index contributed by atoms with van der Waals surface area (Å²) in [6.45, 7) is 6.29. The zero-order chi connectivity index (χ0) is 23.1. The van der Waals surface area contributed by atoms with Gasteiger partial charge in [-0.3, -0.25) is 14.2 Å². The molecule has 8 heteroatoms. The van der Waals surface area contributed by atoms with Gasteiger partial charge in [-0.15, -0.1) is 0 Å². The van der Waals surface area contributed by atoms with Crippen molar-refractivity contribution in [1.29, 1.82) is 0 Å². The maximum absolute atomic E-state index is 13.3. The fourth-order valence-electron chi connectivity index (χ4n) is 4.03. The molecule has 1 aliphatic heterocycles. The number of benzene rings is 2. The molecule has 2 aromatic carbocycles. The van der Waals surface area contributed by atoms with Crippen LogP contribution in [0.4, 0.5) is 5.69 Å². The fraction of sp³-hybridized carbons (Fsp3) is 0.280. The third-order valence-corrected chi connectivity index (χ3v) is 7.03. The molecule has 0 aliphatic carbocycles. The van der Waals surface area contributed by atoms with Crippen LogP contribution in [0, 0.1) is 6.92 Å². The van der Waals surface area contributed by atoms with Gasteiger partial charge >= 0.3 is 0 Å². The quantitative estimate of drug-likeness (QED) is 0.438. The second kappa shape index (κ2) is 8.51. The van der Waals surface area contributed by atoms with Crippen molar-refractivity contribution in [2.75, 3.05) is 11.1 Å². The van der Waals surface area contributed by atoms with Gasteiger partial charge in [-0.1, -0.05) is 55.4 Å². The van der Waals surface area contributed by atoms with E-state index in [1.165, 1.54) is 17.3 Å². The van der Waals surface area contributed by atoms with Crippen molar-refractivity contribution in [3.8, 4) is 5.69 Å². The van der Waals surface area contributed by atoms with Crippen LogP contribution in [0.3, 0.4) is 0 Å². The van der Waals surface area contributed by atoms with Gasteiger partial charge in [-0.2, -0.15) is 5.10 Å². The molecular formula is C25H25N5O2S. The SMILES string of the molecule is Cc1ccc(-n2ncc3c(=O)n4c(nc32)SCC4CC(=O)Nc2ccc(C(C)C)cc2)cc1. The molecule has 0 spiro atoms. The van der Waals surface area contributed by atoms with E-state index in [4.69, 9.17) is 4.98 Å². The van der Waals surface area contributed by atoms with Crippen molar-refractivity contribution in [3.05, 3.63) is 76.2 Å². The number of fused-ring (bicyclic) bond motifs is 2. The zero-order valence-electron chi connectivity index (χ0n) is 18.8. The van der Waals surface area contributed by atoms with E-state index in [0.717, 1.165) is 16.9 Å². The molecule has 4 aromatic rings. The van der Waals surface area contributed by atoms with Crippen molar-refractivity contribution in [2.24, 2.45) is 0 Å². The number of nitrogens with zero attached hydrogens (tertiary/aromatic N) is 4. The highest BCUT2D eigenvalue weighted by Gasteiger charge is 2.29. The Morgan fingerprint density at radius 2 is 1.88 bits per heavy atom. The number of carbonyl (C=O) groups is 1. The van der Waals surface area contributed by atoms with Crippen molar-refractivity contribution in [2.45, 2.75) is 44.3 Å². The Labute approximate surface area is 195 Å². The van der Waals surface area contributed by atoms with Gasteiger partial charge in [0, 0.05) is 17.9 Å². The molecule has 0 saturated carbocycles. The predicted molar refractivity (Wildman–Crippen MR) is 131 cm³/mol. The highest BCUT2D eigenvalue weighted by Crippen LogP contribution is 2.33. The lowest BCUT2D eigenvalue weighted by Gasteiger charge is -2.14. The topological polar surface area (TPSA) is 81.8 Å². The summed E-state index contributed by atoms with van der Waals surface area (Å²) in [4.78, 5) is 30.7. The summed E-state index contributed by atoms with van der Waals surface area (Å²) in [6.07, 6.45) is 1.78. The van der Waals surface area contributed by atoms with Gasteiger partial charge in [0.15, 0.2) is 10.8 Å². The number of nitrogens with one attached hydrogen (secondary N) is 1. The normalized spacial score (nSPS) is 15.2. The van der Waals surface area contributed by atoms with Gasteiger partial charge in [0.25, 0.3) is 5.56 Å². The van der Waals surface area contributed by atoms with E-state index in [-0.39, 0.29) is 23.9 Å². The number of aryl methyl sites for hydroxylation is 1. The number of anilines is 1. The Hall–Kier alpha value is -3.39. The van der Waals surface area contributed by atoms with Gasteiger partial charge in [-0.25, -0.2) is 9.67 Å². The lowest BCUT2D eigenvalue weighted by Crippen LogP contribution is -2.27. The van der Waals surface area contributed by atoms with Crippen LogP contribution in [-0.2, 0) is 4.79 Å². The number of rotatable bonds is 5. The summed E-state index contributed by atoms with van der Waals surface area (Å²) in [5.41, 5.74) is 4.37. The molecule has 1 aliphatic rings. The number of carbonyl (C=O) groups excluding carboxylic acids is 1. The molecule has 3 heterocycles. The Morgan fingerprint density at radius 1 is 1.15 bits per heavy atom. The van der Waals surface area contributed by atoms with Crippen LogP contribution in [0.25, 0.3) is 16.7 Å². The Balaban J connectivity index is 1.39. The molecule has 1 N–H and O–H groups in total.